The van der Waals surface area contributed by atoms with Crippen LogP contribution in [-0.4, -0.2) is 34.0 Å². The first-order valence-corrected chi connectivity index (χ1v) is 11.2. The molecular weight excluding hydrogens is 352 g/mol. The van der Waals surface area contributed by atoms with Gasteiger partial charge in [-0.25, -0.2) is 8.42 Å². The van der Waals surface area contributed by atoms with Crippen LogP contribution in [-0.2, 0) is 10.0 Å². The number of hydrogen-bond donors (Lipinski definition) is 1. The number of benzene rings is 2. The zero-order chi connectivity index (χ0) is 18.0. The van der Waals surface area contributed by atoms with Crippen LogP contribution in [0.4, 0.5) is 5.69 Å². The standard InChI is InChI=1S/C19H24N2O2S2/c1-14-9-10-16-18(13-14)25(22,23)21(2)17-8-5-4-7-15(17)19(16)20-11-6-12-24-3/h4-5,7-10,13,19-20H,6,11-12H2,1-3H3. The Balaban J connectivity index is 2.15. The number of rotatable bonds is 5. The Bertz CT molecular complexity index is 865. The first-order valence-electron chi connectivity index (χ1n) is 8.37. The van der Waals surface area contributed by atoms with Gasteiger partial charge in [0.25, 0.3) is 10.0 Å². The Morgan fingerprint density at radius 2 is 1.92 bits per heavy atom. The van der Waals surface area contributed by atoms with E-state index in [0.717, 1.165) is 41.1 Å². The molecule has 0 aromatic heterocycles. The molecule has 134 valence electrons. The van der Waals surface area contributed by atoms with E-state index in [4.69, 9.17) is 0 Å². The van der Waals surface area contributed by atoms with Gasteiger partial charge < -0.3 is 5.32 Å². The number of fused-ring (bicyclic) bond motifs is 2. The van der Waals surface area contributed by atoms with E-state index in [1.165, 1.54) is 4.31 Å². The molecule has 1 unspecified atom stereocenters. The molecule has 0 amide bonds. The van der Waals surface area contributed by atoms with E-state index in [2.05, 4.69) is 11.6 Å². The second kappa shape index (κ2) is 7.40. The number of hydrogen-bond acceptors (Lipinski definition) is 4. The van der Waals surface area contributed by atoms with Crippen LogP contribution in [0.25, 0.3) is 0 Å². The Morgan fingerprint density at radius 1 is 1.16 bits per heavy atom. The number of nitrogens with one attached hydrogen (secondary N) is 1. The molecule has 1 aliphatic heterocycles. The van der Waals surface area contributed by atoms with E-state index >= 15 is 0 Å². The lowest BCUT2D eigenvalue weighted by molar-refractivity contribution is 0.583. The zero-order valence-corrected chi connectivity index (χ0v) is 16.5. The second-order valence-corrected chi connectivity index (χ2v) is 9.23. The van der Waals surface area contributed by atoms with Crippen LogP contribution in [0.5, 0.6) is 0 Å². The molecule has 3 rings (SSSR count). The van der Waals surface area contributed by atoms with Crippen molar-refractivity contribution < 1.29 is 8.42 Å². The smallest absolute Gasteiger partial charge is 0.264 e. The number of thioether (sulfide) groups is 1. The SMILES string of the molecule is CSCCCNC1c2ccccc2N(C)S(=O)(=O)c2cc(C)ccc21. The summed E-state index contributed by atoms with van der Waals surface area (Å²) in [6, 6.07) is 13.3. The fourth-order valence-corrected chi connectivity index (χ4v) is 5.22. The molecule has 0 bridgehead atoms. The summed E-state index contributed by atoms with van der Waals surface area (Å²) in [5.41, 5.74) is 3.51. The second-order valence-electron chi connectivity index (χ2n) is 6.31. The molecule has 4 nitrogen and oxygen atoms in total. The maximum atomic E-state index is 13.2. The van der Waals surface area contributed by atoms with Gasteiger partial charge in [-0.2, -0.15) is 11.8 Å². The molecule has 25 heavy (non-hydrogen) atoms. The van der Waals surface area contributed by atoms with Gasteiger partial charge in [0, 0.05) is 7.05 Å². The minimum absolute atomic E-state index is 0.131. The normalized spacial score (nSPS) is 18.4. The average Bonchev–Trinajstić information content (AvgIpc) is 2.67. The predicted octanol–water partition coefficient (Wildman–Crippen LogP) is 3.57. The highest BCUT2D eigenvalue weighted by Crippen LogP contribution is 2.40. The molecule has 0 fully saturated rings. The fraction of sp³-hybridized carbons (Fsp3) is 0.368. The molecule has 2 aromatic rings. The minimum Gasteiger partial charge on any atom is -0.306 e. The van der Waals surface area contributed by atoms with Crippen molar-refractivity contribution in [3.63, 3.8) is 0 Å². The van der Waals surface area contributed by atoms with Gasteiger partial charge in [0.1, 0.15) is 0 Å². The number of anilines is 1. The minimum atomic E-state index is -3.57. The molecule has 0 saturated carbocycles. The number of nitrogens with zero attached hydrogens (tertiary/aromatic N) is 1. The van der Waals surface area contributed by atoms with Crippen LogP contribution in [0, 0.1) is 6.92 Å². The van der Waals surface area contributed by atoms with E-state index in [-0.39, 0.29) is 6.04 Å². The monoisotopic (exact) mass is 376 g/mol. The van der Waals surface area contributed by atoms with Crippen molar-refractivity contribution in [2.45, 2.75) is 24.3 Å². The summed E-state index contributed by atoms with van der Waals surface area (Å²) in [6.45, 7) is 2.77. The molecule has 1 N–H and O–H groups in total. The summed E-state index contributed by atoms with van der Waals surface area (Å²) >= 11 is 1.82. The Hall–Kier alpha value is -1.50. The quantitative estimate of drug-likeness (QED) is 0.811. The van der Waals surface area contributed by atoms with E-state index in [1.807, 2.05) is 55.1 Å². The number of para-hydroxylation sites is 1. The third kappa shape index (κ3) is 3.43. The molecule has 0 radical (unpaired) electrons. The van der Waals surface area contributed by atoms with Crippen molar-refractivity contribution in [2.75, 3.05) is 29.9 Å². The molecule has 1 aliphatic rings. The van der Waals surface area contributed by atoms with E-state index < -0.39 is 10.0 Å². The molecule has 2 aromatic carbocycles. The molecule has 0 aliphatic carbocycles. The van der Waals surface area contributed by atoms with Crippen molar-refractivity contribution in [1.29, 1.82) is 0 Å². The molecule has 1 atom stereocenters. The van der Waals surface area contributed by atoms with Gasteiger partial charge >= 0.3 is 0 Å². The van der Waals surface area contributed by atoms with Crippen LogP contribution in [0.2, 0.25) is 0 Å². The number of sulfonamides is 1. The van der Waals surface area contributed by atoms with Gasteiger partial charge in [0.05, 0.1) is 16.6 Å². The van der Waals surface area contributed by atoms with Gasteiger partial charge in [0.15, 0.2) is 0 Å². The third-order valence-electron chi connectivity index (χ3n) is 4.58. The largest absolute Gasteiger partial charge is 0.306 e. The van der Waals surface area contributed by atoms with E-state index in [9.17, 15) is 8.42 Å². The van der Waals surface area contributed by atoms with Crippen molar-refractivity contribution in [2.24, 2.45) is 0 Å². The van der Waals surface area contributed by atoms with Crippen LogP contribution in [0.15, 0.2) is 47.4 Å². The van der Waals surface area contributed by atoms with Crippen molar-refractivity contribution in [3.05, 3.63) is 59.2 Å². The fourth-order valence-electron chi connectivity index (χ4n) is 3.25. The summed E-state index contributed by atoms with van der Waals surface area (Å²) in [5, 5.41) is 3.58. The Labute approximate surface area is 154 Å². The van der Waals surface area contributed by atoms with Gasteiger partial charge in [-0.05, 0) is 60.7 Å². The summed E-state index contributed by atoms with van der Waals surface area (Å²) in [7, 11) is -1.94. The Morgan fingerprint density at radius 3 is 2.68 bits per heavy atom. The Kier molecular flexibility index (Phi) is 5.41. The van der Waals surface area contributed by atoms with Crippen molar-refractivity contribution in [3.8, 4) is 0 Å². The van der Waals surface area contributed by atoms with Gasteiger partial charge in [-0.1, -0.05) is 30.3 Å². The molecule has 1 heterocycles. The predicted molar refractivity (Wildman–Crippen MR) is 106 cm³/mol. The molecule has 6 heteroatoms. The third-order valence-corrected chi connectivity index (χ3v) is 7.10. The molecule has 0 spiro atoms. The van der Waals surface area contributed by atoms with E-state index in [1.54, 1.807) is 13.1 Å². The summed E-state index contributed by atoms with van der Waals surface area (Å²) in [6.07, 6.45) is 3.14. The number of aryl methyl sites for hydroxylation is 1. The molecule has 0 saturated heterocycles. The average molecular weight is 377 g/mol. The van der Waals surface area contributed by atoms with Crippen LogP contribution in [0.1, 0.15) is 29.2 Å². The van der Waals surface area contributed by atoms with Crippen molar-refractivity contribution >= 4 is 27.5 Å². The maximum Gasteiger partial charge on any atom is 0.264 e. The topological polar surface area (TPSA) is 49.4 Å². The van der Waals surface area contributed by atoms with Crippen LogP contribution in [0.3, 0.4) is 0 Å². The van der Waals surface area contributed by atoms with E-state index in [0.29, 0.717) is 4.90 Å². The lowest BCUT2D eigenvalue weighted by atomic mass is 9.96. The lowest BCUT2D eigenvalue weighted by Gasteiger charge is -2.22. The summed E-state index contributed by atoms with van der Waals surface area (Å²) < 4.78 is 27.7. The van der Waals surface area contributed by atoms with Gasteiger partial charge in [0.2, 0.25) is 0 Å². The van der Waals surface area contributed by atoms with Crippen LogP contribution < -0.4 is 9.62 Å². The van der Waals surface area contributed by atoms with Gasteiger partial charge in [-0.3, -0.25) is 4.31 Å². The molecular formula is C19H24N2O2S2. The van der Waals surface area contributed by atoms with Crippen molar-refractivity contribution in [1.82, 2.24) is 5.32 Å². The highest BCUT2D eigenvalue weighted by molar-refractivity contribution is 7.98. The zero-order valence-electron chi connectivity index (χ0n) is 14.8. The first-order chi connectivity index (χ1) is 12.0. The maximum absolute atomic E-state index is 13.2. The summed E-state index contributed by atoms with van der Waals surface area (Å²) in [5.74, 6) is 1.08. The lowest BCUT2D eigenvalue weighted by Crippen LogP contribution is -2.26. The highest BCUT2D eigenvalue weighted by atomic mass is 32.2. The summed E-state index contributed by atoms with van der Waals surface area (Å²) in [4.78, 5) is 0.397. The van der Waals surface area contributed by atoms with Gasteiger partial charge in [-0.15, -0.1) is 0 Å². The highest BCUT2D eigenvalue weighted by Gasteiger charge is 2.34. The first kappa shape index (κ1) is 18.3. The van der Waals surface area contributed by atoms with Crippen LogP contribution >= 0.6 is 11.8 Å².